The fourth-order valence-electron chi connectivity index (χ4n) is 1.99. The third-order valence-corrected chi connectivity index (χ3v) is 2.93. The van der Waals surface area contributed by atoms with Gasteiger partial charge in [0, 0.05) is 13.1 Å². The number of likely N-dealkylation sites (tertiary alicyclic amines) is 1. The molecule has 1 aliphatic rings. The van der Waals surface area contributed by atoms with Gasteiger partial charge in [-0.2, -0.15) is 0 Å². The van der Waals surface area contributed by atoms with Crippen molar-refractivity contribution in [3.05, 3.63) is 12.2 Å². The Labute approximate surface area is 110 Å². The summed E-state index contributed by atoms with van der Waals surface area (Å²) in [4.78, 5) is 13.7. The Morgan fingerprint density at radius 3 is 2.50 bits per heavy atom. The normalized spacial score (nSPS) is 18.3. The standard InChI is InChI=1S/C14H26N2O2/c1-14(2,3)18-13(17)16-10-7-12(8-11-16)6-4-5-9-15/h4,6,12H,5,7-11,15H2,1-3H3/b6-4+. The van der Waals surface area contributed by atoms with E-state index in [-0.39, 0.29) is 6.09 Å². The lowest BCUT2D eigenvalue weighted by Gasteiger charge is -2.32. The lowest BCUT2D eigenvalue weighted by molar-refractivity contribution is 0.0197. The smallest absolute Gasteiger partial charge is 0.410 e. The van der Waals surface area contributed by atoms with Crippen LogP contribution in [0.15, 0.2) is 12.2 Å². The first-order valence-electron chi connectivity index (χ1n) is 6.77. The Hall–Kier alpha value is -1.03. The molecule has 1 aliphatic heterocycles. The monoisotopic (exact) mass is 254 g/mol. The zero-order valence-corrected chi connectivity index (χ0v) is 11.8. The molecule has 0 spiro atoms. The van der Waals surface area contributed by atoms with E-state index in [9.17, 15) is 4.79 Å². The number of nitrogens with zero attached hydrogens (tertiary/aromatic N) is 1. The number of allylic oxidation sites excluding steroid dienone is 1. The number of rotatable bonds is 3. The zero-order valence-electron chi connectivity index (χ0n) is 11.8. The maximum atomic E-state index is 11.8. The molecular formula is C14H26N2O2. The maximum absolute atomic E-state index is 11.8. The highest BCUT2D eigenvalue weighted by atomic mass is 16.6. The van der Waals surface area contributed by atoms with E-state index in [1.54, 1.807) is 4.90 Å². The zero-order chi connectivity index (χ0) is 13.6. The number of piperidine rings is 1. The van der Waals surface area contributed by atoms with Crippen LogP contribution in [-0.4, -0.2) is 36.2 Å². The molecule has 0 aliphatic carbocycles. The van der Waals surface area contributed by atoms with Gasteiger partial charge in [0.25, 0.3) is 0 Å². The summed E-state index contributed by atoms with van der Waals surface area (Å²) < 4.78 is 5.36. The summed E-state index contributed by atoms with van der Waals surface area (Å²) in [6.07, 6.45) is 7.16. The Morgan fingerprint density at radius 1 is 1.39 bits per heavy atom. The molecule has 1 heterocycles. The van der Waals surface area contributed by atoms with E-state index in [1.165, 1.54) is 0 Å². The van der Waals surface area contributed by atoms with Gasteiger partial charge in [-0.25, -0.2) is 4.79 Å². The van der Waals surface area contributed by atoms with Crippen molar-refractivity contribution in [2.45, 2.75) is 45.6 Å². The highest BCUT2D eigenvalue weighted by Crippen LogP contribution is 2.20. The first-order chi connectivity index (χ1) is 8.42. The van der Waals surface area contributed by atoms with E-state index in [0.717, 1.165) is 32.4 Å². The minimum Gasteiger partial charge on any atom is -0.444 e. The SMILES string of the molecule is CC(C)(C)OC(=O)N1CCC(/C=C/CCN)CC1. The molecule has 0 aromatic rings. The van der Waals surface area contributed by atoms with Gasteiger partial charge in [0.1, 0.15) is 5.60 Å². The first-order valence-corrected chi connectivity index (χ1v) is 6.77. The van der Waals surface area contributed by atoms with Crippen molar-refractivity contribution in [3.63, 3.8) is 0 Å². The Morgan fingerprint density at radius 2 is 2.00 bits per heavy atom. The molecule has 18 heavy (non-hydrogen) atoms. The van der Waals surface area contributed by atoms with E-state index < -0.39 is 5.60 Å². The van der Waals surface area contributed by atoms with E-state index in [1.807, 2.05) is 20.8 Å². The summed E-state index contributed by atoms with van der Waals surface area (Å²) in [5.74, 6) is 0.579. The van der Waals surface area contributed by atoms with Gasteiger partial charge in [0.05, 0.1) is 0 Å². The molecule has 4 heteroatoms. The number of carbonyl (C=O) groups is 1. The number of hydrogen-bond acceptors (Lipinski definition) is 3. The third kappa shape index (κ3) is 5.54. The Kier molecular flexibility index (Phi) is 5.66. The van der Waals surface area contributed by atoms with Gasteiger partial charge in [-0.3, -0.25) is 0 Å². The first kappa shape index (κ1) is 15.0. The average Bonchev–Trinajstić information content (AvgIpc) is 2.28. The topological polar surface area (TPSA) is 55.6 Å². The molecule has 1 amide bonds. The second-order valence-corrected chi connectivity index (χ2v) is 5.81. The molecular weight excluding hydrogens is 228 g/mol. The van der Waals surface area contributed by atoms with Crippen molar-refractivity contribution in [2.75, 3.05) is 19.6 Å². The molecule has 0 atom stereocenters. The number of hydrogen-bond donors (Lipinski definition) is 1. The van der Waals surface area contributed by atoms with Crippen molar-refractivity contribution in [2.24, 2.45) is 11.7 Å². The largest absolute Gasteiger partial charge is 0.444 e. The summed E-state index contributed by atoms with van der Waals surface area (Å²) in [7, 11) is 0. The van der Waals surface area contributed by atoms with Crippen LogP contribution >= 0.6 is 0 Å². The van der Waals surface area contributed by atoms with Crippen LogP contribution in [0.4, 0.5) is 4.79 Å². The number of amides is 1. The predicted molar refractivity (Wildman–Crippen MR) is 73.3 cm³/mol. The summed E-state index contributed by atoms with van der Waals surface area (Å²) in [6, 6.07) is 0. The van der Waals surface area contributed by atoms with Crippen LogP contribution in [-0.2, 0) is 4.74 Å². The van der Waals surface area contributed by atoms with Crippen molar-refractivity contribution >= 4 is 6.09 Å². The molecule has 2 N–H and O–H groups in total. The molecule has 4 nitrogen and oxygen atoms in total. The van der Waals surface area contributed by atoms with Crippen molar-refractivity contribution < 1.29 is 9.53 Å². The van der Waals surface area contributed by atoms with Crippen LogP contribution in [0, 0.1) is 5.92 Å². The van der Waals surface area contributed by atoms with Crippen LogP contribution in [0.3, 0.4) is 0 Å². The number of ether oxygens (including phenoxy) is 1. The second kappa shape index (κ2) is 6.78. The molecule has 0 unspecified atom stereocenters. The van der Waals surface area contributed by atoms with Gasteiger partial charge in [-0.1, -0.05) is 12.2 Å². The average molecular weight is 254 g/mol. The molecule has 1 fully saturated rings. The van der Waals surface area contributed by atoms with E-state index in [2.05, 4.69) is 12.2 Å². The highest BCUT2D eigenvalue weighted by molar-refractivity contribution is 5.68. The molecule has 0 aromatic heterocycles. The van der Waals surface area contributed by atoms with E-state index >= 15 is 0 Å². The Bertz CT molecular complexity index is 287. The van der Waals surface area contributed by atoms with Crippen LogP contribution in [0.2, 0.25) is 0 Å². The number of carbonyl (C=O) groups excluding carboxylic acids is 1. The fourth-order valence-corrected chi connectivity index (χ4v) is 1.99. The maximum Gasteiger partial charge on any atom is 0.410 e. The second-order valence-electron chi connectivity index (χ2n) is 5.81. The quantitative estimate of drug-likeness (QED) is 0.787. The highest BCUT2D eigenvalue weighted by Gasteiger charge is 2.25. The number of nitrogens with two attached hydrogens (primary N) is 1. The van der Waals surface area contributed by atoms with Crippen LogP contribution in [0.1, 0.15) is 40.0 Å². The van der Waals surface area contributed by atoms with Crippen molar-refractivity contribution in [1.29, 1.82) is 0 Å². The molecule has 0 aromatic carbocycles. The molecule has 0 radical (unpaired) electrons. The molecule has 104 valence electrons. The van der Waals surface area contributed by atoms with E-state index in [4.69, 9.17) is 10.5 Å². The van der Waals surface area contributed by atoms with Crippen molar-refractivity contribution in [3.8, 4) is 0 Å². The summed E-state index contributed by atoms with van der Waals surface area (Å²) in [6.45, 7) is 7.96. The molecule has 0 saturated carbocycles. The molecule has 1 rings (SSSR count). The van der Waals surface area contributed by atoms with Gasteiger partial charge in [0.15, 0.2) is 0 Å². The van der Waals surface area contributed by atoms with Crippen molar-refractivity contribution in [1.82, 2.24) is 4.90 Å². The lowest BCUT2D eigenvalue weighted by atomic mass is 9.96. The van der Waals surface area contributed by atoms with Crippen LogP contribution in [0.25, 0.3) is 0 Å². The molecule has 0 bridgehead atoms. The summed E-state index contributed by atoms with van der Waals surface area (Å²) >= 11 is 0. The third-order valence-electron chi connectivity index (χ3n) is 2.93. The van der Waals surface area contributed by atoms with Gasteiger partial charge in [-0.05, 0) is 52.5 Å². The minimum absolute atomic E-state index is 0.188. The summed E-state index contributed by atoms with van der Waals surface area (Å²) in [5.41, 5.74) is 5.04. The van der Waals surface area contributed by atoms with Gasteiger partial charge in [-0.15, -0.1) is 0 Å². The van der Waals surface area contributed by atoms with Gasteiger partial charge >= 0.3 is 6.09 Å². The van der Waals surface area contributed by atoms with E-state index in [0.29, 0.717) is 12.5 Å². The van der Waals surface area contributed by atoms with Crippen LogP contribution < -0.4 is 5.73 Å². The predicted octanol–water partition coefficient (Wildman–Crippen LogP) is 2.54. The summed E-state index contributed by atoms with van der Waals surface area (Å²) in [5, 5.41) is 0. The van der Waals surface area contributed by atoms with Crippen LogP contribution in [0.5, 0.6) is 0 Å². The Balaban J connectivity index is 2.33. The lowest BCUT2D eigenvalue weighted by Crippen LogP contribution is -2.41. The fraction of sp³-hybridized carbons (Fsp3) is 0.786. The molecule has 1 saturated heterocycles. The minimum atomic E-state index is -0.408. The van der Waals surface area contributed by atoms with Gasteiger partial charge in [0.2, 0.25) is 0 Å². The van der Waals surface area contributed by atoms with Gasteiger partial charge < -0.3 is 15.4 Å².